The lowest BCUT2D eigenvalue weighted by Crippen LogP contribution is -2.02. The van der Waals surface area contributed by atoms with Gasteiger partial charge in [0.2, 0.25) is 5.95 Å². The van der Waals surface area contributed by atoms with E-state index in [0.29, 0.717) is 6.20 Å². The normalized spacial score (nSPS) is 10.5. The number of halogens is 4. The van der Waals surface area contributed by atoms with Crippen LogP contribution in [-0.4, -0.2) is 11.3 Å². The van der Waals surface area contributed by atoms with Crippen molar-refractivity contribution in [2.24, 2.45) is 0 Å². The van der Waals surface area contributed by atoms with Gasteiger partial charge in [-0.3, -0.25) is 4.79 Å². The Morgan fingerprint density at radius 3 is 2.46 bits per heavy atom. The molecule has 0 aliphatic rings. The van der Waals surface area contributed by atoms with Gasteiger partial charge in [-0.05, 0) is 0 Å². The molecule has 0 aromatic carbocycles. The molecule has 0 unspecified atom stereocenters. The summed E-state index contributed by atoms with van der Waals surface area (Å²) >= 11 is 0. The first kappa shape index (κ1) is 9.63. The van der Waals surface area contributed by atoms with E-state index in [-0.39, 0.29) is 6.29 Å². The van der Waals surface area contributed by atoms with Crippen LogP contribution in [0, 0.1) is 11.8 Å². The van der Waals surface area contributed by atoms with E-state index in [4.69, 9.17) is 0 Å². The zero-order valence-electron chi connectivity index (χ0n) is 6.10. The van der Waals surface area contributed by atoms with Gasteiger partial charge in [0, 0.05) is 11.8 Å². The number of carbonyl (C=O) groups excluding carboxylic acids is 1. The maximum absolute atomic E-state index is 12.6. The average molecular weight is 193 g/mol. The van der Waals surface area contributed by atoms with E-state index in [1.165, 1.54) is 0 Å². The molecule has 0 amide bonds. The molecule has 13 heavy (non-hydrogen) atoms. The molecule has 1 rings (SSSR count). The summed E-state index contributed by atoms with van der Waals surface area (Å²) in [5, 5.41) is 0. The Morgan fingerprint density at radius 2 is 2.00 bits per heavy atom. The number of hydrogen-bond acceptors (Lipinski definition) is 2. The zero-order valence-corrected chi connectivity index (χ0v) is 6.10. The van der Waals surface area contributed by atoms with Crippen LogP contribution in [0.5, 0.6) is 0 Å². The van der Waals surface area contributed by atoms with Crippen LogP contribution in [0.4, 0.5) is 17.6 Å². The Labute approximate surface area is 70.2 Å². The minimum absolute atomic E-state index is 0.165. The number of nitrogens with zero attached hydrogens (tertiary/aromatic N) is 1. The summed E-state index contributed by atoms with van der Waals surface area (Å²) in [5.41, 5.74) is -1.89. The highest BCUT2D eigenvalue weighted by molar-refractivity contribution is 5.77. The van der Waals surface area contributed by atoms with Crippen molar-refractivity contribution in [2.45, 2.75) is 6.43 Å². The van der Waals surface area contributed by atoms with E-state index < -0.39 is 29.3 Å². The monoisotopic (exact) mass is 193 g/mol. The summed E-state index contributed by atoms with van der Waals surface area (Å²) in [4.78, 5) is 12.9. The van der Waals surface area contributed by atoms with Crippen LogP contribution < -0.4 is 0 Å². The summed E-state index contributed by atoms with van der Waals surface area (Å²) < 4.78 is 49.0. The maximum Gasteiger partial charge on any atom is 0.266 e. The Kier molecular flexibility index (Phi) is 2.60. The third kappa shape index (κ3) is 1.66. The SMILES string of the molecule is O=Cc1c(C(F)F)cnc(F)c1F. The zero-order chi connectivity index (χ0) is 10.0. The van der Waals surface area contributed by atoms with E-state index in [0.717, 1.165) is 0 Å². The lowest BCUT2D eigenvalue weighted by atomic mass is 10.1. The molecule has 1 heterocycles. The second-order valence-corrected chi connectivity index (χ2v) is 2.15. The lowest BCUT2D eigenvalue weighted by Gasteiger charge is -2.03. The van der Waals surface area contributed by atoms with Crippen molar-refractivity contribution in [2.75, 3.05) is 0 Å². The first-order valence-electron chi connectivity index (χ1n) is 3.15. The van der Waals surface area contributed by atoms with Gasteiger partial charge in [0.05, 0.1) is 5.56 Å². The van der Waals surface area contributed by atoms with Crippen molar-refractivity contribution >= 4 is 6.29 Å². The molecule has 6 heteroatoms. The molecule has 0 atom stereocenters. The van der Waals surface area contributed by atoms with Crippen LogP contribution in [0.25, 0.3) is 0 Å². The molecule has 0 bridgehead atoms. The van der Waals surface area contributed by atoms with Gasteiger partial charge in [-0.2, -0.15) is 4.39 Å². The third-order valence-electron chi connectivity index (χ3n) is 1.40. The fourth-order valence-corrected chi connectivity index (χ4v) is 0.784. The Morgan fingerprint density at radius 1 is 1.38 bits per heavy atom. The first-order chi connectivity index (χ1) is 6.07. The largest absolute Gasteiger partial charge is 0.298 e. The van der Waals surface area contributed by atoms with Crippen molar-refractivity contribution in [1.82, 2.24) is 4.98 Å². The molecule has 1 aromatic heterocycles. The van der Waals surface area contributed by atoms with Gasteiger partial charge in [-0.25, -0.2) is 18.2 Å². The second-order valence-electron chi connectivity index (χ2n) is 2.15. The number of pyridine rings is 1. The van der Waals surface area contributed by atoms with Gasteiger partial charge in [-0.1, -0.05) is 0 Å². The molecule has 0 radical (unpaired) electrons. The van der Waals surface area contributed by atoms with Gasteiger partial charge < -0.3 is 0 Å². The summed E-state index contributed by atoms with van der Waals surface area (Å²) in [6, 6.07) is 0. The Bertz CT molecular complexity index is 340. The molecule has 0 aliphatic carbocycles. The van der Waals surface area contributed by atoms with Gasteiger partial charge in [0.25, 0.3) is 6.43 Å². The van der Waals surface area contributed by atoms with Gasteiger partial charge in [0.15, 0.2) is 12.1 Å². The summed E-state index contributed by atoms with van der Waals surface area (Å²) in [5.74, 6) is -3.21. The highest BCUT2D eigenvalue weighted by Gasteiger charge is 2.19. The molecule has 0 saturated heterocycles. The standard InChI is InChI=1S/C7H3F4NO/c8-5-4(2-13)3(6(9)10)1-12-7(5)11/h1-2,6H. The topological polar surface area (TPSA) is 30.0 Å². The van der Waals surface area contributed by atoms with E-state index >= 15 is 0 Å². The summed E-state index contributed by atoms with van der Waals surface area (Å²) in [6.07, 6.45) is -2.78. The lowest BCUT2D eigenvalue weighted by molar-refractivity contribution is 0.110. The fourth-order valence-electron chi connectivity index (χ4n) is 0.784. The van der Waals surface area contributed by atoms with Crippen LogP contribution in [0.15, 0.2) is 6.20 Å². The quantitative estimate of drug-likeness (QED) is 0.409. The number of rotatable bonds is 2. The van der Waals surface area contributed by atoms with Crippen LogP contribution >= 0.6 is 0 Å². The van der Waals surface area contributed by atoms with Crippen LogP contribution in [-0.2, 0) is 0 Å². The molecule has 70 valence electrons. The molecule has 2 nitrogen and oxygen atoms in total. The van der Waals surface area contributed by atoms with Gasteiger partial charge in [0.1, 0.15) is 0 Å². The maximum atomic E-state index is 12.6. The van der Waals surface area contributed by atoms with Crippen molar-refractivity contribution < 1.29 is 22.4 Å². The number of aromatic nitrogens is 1. The van der Waals surface area contributed by atoms with Gasteiger partial charge in [-0.15, -0.1) is 0 Å². The highest BCUT2D eigenvalue weighted by Crippen LogP contribution is 2.23. The highest BCUT2D eigenvalue weighted by atomic mass is 19.3. The average Bonchev–Trinajstić information content (AvgIpc) is 2.09. The molecule has 0 N–H and O–H groups in total. The minimum atomic E-state index is -3.05. The van der Waals surface area contributed by atoms with Crippen molar-refractivity contribution in [3.63, 3.8) is 0 Å². The number of alkyl halides is 2. The predicted molar refractivity (Wildman–Crippen MR) is 34.5 cm³/mol. The second kappa shape index (κ2) is 3.51. The van der Waals surface area contributed by atoms with Crippen LogP contribution in [0.2, 0.25) is 0 Å². The van der Waals surface area contributed by atoms with E-state index in [1.54, 1.807) is 0 Å². The molecule has 0 spiro atoms. The van der Waals surface area contributed by atoms with Crippen molar-refractivity contribution in [3.8, 4) is 0 Å². The molecular weight excluding hydrogens is 190 g/mol. The molecule has 0 fully saturated rings. The Balaban J connectivity index is 3.38. The van der Waals surface area contributed by atoms with Crippen molar-refractivity contribution in [1.29, 1.82) is 0 Å². The predicted octanol–water partition coefficient (Wildman–Crippen LogP) is 2.11. The van der Waals surface area contributed by atoms with Crippen LogP contribution in [0.3, 0.4) is 0 Å². The smallest absolute Gasteiger partial charge is 0.266 e. The Hall–Kier alpha value is -1.46. The van der Waals surface area contributed by atoms with E-state index in [1.807, 2.05) is 0 Å². The molecular formula is C7H3F4NO. The fraction of sp³-hybridized carbons (Fsp3) is 0.143. The number of carbonyl (C=O) groups is 1. The van der Waals surface area contributed by atoms with Crippen molar-refractivity contribution in [3.05, 3.63) is 29.1 Å². The third-order valence-corrected chi connectivity index (χ3v) is 1.40. The minimum Gasteiger partial charge on any atom is -0.298 e. The first-order valence-corrected chi connectivity index (χ1v) is 3.15. The summed E-state index contributed by atoms with van der Waals surface area (Å²) in [6.45, 7) is 0. The van der Waals surface area contributed by atoms with Gasteiger partial charge >= 0.3 is 0 Å². The van der Waals surface area contributed by atoms with Crippen LogP contribution in [0.1, 0.15) is 22.3 Å². The molecule has 0 aliphatic heterocycles. The van der Waals surface area contributed by atoms with E-state index in [9.17, 15) is 22.4 Å². The molecule has 0 saturated carbocycles. The molecule has 1 aromatic rings. The number of hydrogen-bond donors (Lipinski definition) is 0. The number of aldehydes is 1. The summed E-state index contributed by atoms with van der Waals surface area (Å²) in [7, 11) is 0. The van der Waals surface area contributed by atoms with E-state index in [2.05, 4.69) is 4.98 Å².